The van der Waals surface area contributed by atoms with Crippen LogP contribution in [0.25, 0.3) is 0 Å². The molecule has 0 radical (unpaired) electrons. The Morgan fingerprint density at radius 3 is 2.33 bits per heavy atom. The molecule has 1 N–H and O–H groups in total. The van der Waals surface area contributed by atoms with Crippen molar-refractivity contribution in [1.29, 1.82) is 0 Å². The second-order valence-corrected chi connectivity index (χ2v) is 6.28. The van der Waals surface area contributed by atoms with Gasteiger partial charge >= 0.3 is 0 Å². The van der Waals surface area contributed by atoms with E-state index >= 15 is 0 Å². The third-order valence-electron chi connectivity index (χ3n) is 4.65. The highest BCUT2D eigenvalue weighted by Gasteiger charge is 2.21. The number of aliphatic hydroxyl groups excluding tert-OH is 1. The Morgan fingerprint density at radius 1 is 1.00 bits per heavy atom. The van der Waals surface area contributed by atoms with Crippen molar-refractivity contribution >= 4 is 0 Å². The van der Waals surface area contributed by atoms with Crippen LogP contribution in [-0.4, -0.2) is 49.5 Å². The van der Waals surface area contributed by atoms with Crippen LogP contribution in [0.5, 0.6) is 0 Å². The van der Waals surface area contributed by atoms with E-state index in [0.717, 1.165) is 37.9 Å². The molecule has 3 nitrogen and oxygen atoms in total. The standard InChI is InChI=1S/C15H29NO2/c1-16(9-6-13-7-10-18-11-8-13)12-14-2-4-15(17)5-3-14/h13-15,17H,2-12H2,1H3. The van der Waals surface area contributed by atoms with Gasteiger partial charge in [-0.05, 0) is 70.4 Å². The van der Waals surface area contributed by atoms with Gasteiger partial charge in [0.15, 0.2) is 0 Å². The van der Waals surface area contributed by atoms with Crippen LogP contribution in [-0.2, 0) is 4.74 Å². The fraction of sp³-hybridized carbons (Fsp3) is 1.00. The van der Waals surface area contributed by atoms with E-state index in [4.69, 9.17) is 4.74 Å². The Hall–Kier alpha value is -0.120. The first kappa shape index (κ1) is 14.3. The topological polar surface area (TPSA) is 32.7 Å². The summed E-state index contributed by atoms with van der Waals surface area (Å²) in [5, 5.41) is 9.51. The lowest BCUT2D eigenvalue weighted by Gasteiger charge is -2.30. The van der Waals surface area contributed by atoms with Crippen molar-refractivity contribution in [3.63, 3.8) is 0 Å². The molecule has 0 amide bonds. The number of rotatable bonds is 5. The van der Waals surface area contributed by atoms with Crippen LogP contribution in [0.4, 0.5) is 0 Å². The maximum absolute atomic E-state index is 9.51. The highest BCUT2D eigenvalue weighted by atomic mass is 16.5. The molecule has 2 aliphatic rings. The molecule has 3 heteroatoms. The Balaban J connectivity index is 1.58. The Bertz CT molecular complexity index is 221. The van der Waals surface area contributed by atoms with E-state index in [1.54, 1.807) is 0 Å². The predicted molar refractivity (Wildman–Crippen MR) is 73.6 cm³/mol. The molecule has 0 aromatic rings. The van der Waals surface area contributed by atoms with Crippen LogP contribution < -0.4 is 0 Å². The summed E-state index contributed by atoms with van der Waals surface area (Å²) in [4.78, 5) is 2.50. The lowest BCUT2D eigenvalue weighted by molar-refractivity contribution is 0.0590. The zero-order chi connectivity index (χ0) is 12.8. The summed E-state index contributed by atoms with van der Waals surface area (Å²) >= 11 is 0. The molecule has 1 heterocycles. The summed E-state index contributed by atoms with van der Waals surface area (Å²) < 4.78 is 5.40. The summed E-state index contributed by atoms with van der Waals surface area (Å²) in [5.74, 6) is 1.70. The summed E-state index contributed by atoms with van der Waals surface area (Å²) in [7, 11) is 2.25. The van der Waals surface area contributed by atoms with Gasteiger partial charge in [-0.25, -0.2) is 0 Å². The van der Waals surface area contributed by atoms with Gasteiger partial charge < -0.3 is 14.7 Å². The number of ether oxygens (including phenoxy) is 1. The minimum absolute atomic E-state index is 0.0196. The van der Waals surface area contributed by atoms with Crippen molar-refractivity contribution in [3.8, 4) is 0 Å². The van der Waals surface area contributed by atoms with E-state index in [2.05, 4.69) is 11.9 Å². The van der Waals surface area contributed by atoms with Crippen molar-refractivity contribution in [2.24, 2.45) is 11.8 Å². The van der Waals surface area contributed by atoms with Gasteiger partial charge in [0.05, 0.1) is 6.10 Å². The molecule has 0 aromatic carbocycles. The van der Waals surface area contributed by atoms with E-state index in [1.165, 1.54) is 45.2 Å². The highest BCUT2D eigenvalue weighted by molar-refractivity contribution is 4.74. The summed E-state index contributed by atoms with van der Waals surface area (Å²) in [6.45, 7) is 4.38. The number of aliphatic hydroxyl groups is 1. The van der Waals surface area contributed by atoms with Crippen LogP contribution in [0, 0.1) is 11.8 Å². The Labute approximate surface area is 112 Å². The summed E-state index contributed by atoms with van der Waals surface area (Å²) in [5.41, 5.74) is 0. The maximum atomic E-state index is 9.51. The average Bonchev–Trinajstić information content (AvgIpc) is 2.40. The van der Waals surface area contributed by atoms with Crippen LogP contribution >= 0.6 is 0 Å². The molecular weight excluding hydrogens is 226 g/mol. The van der Waals surface area contributed by atoms with Crippen molar-refractivity contribution in [2.75, 3.05) is 33.4 Å². The zero-order valence-electron chi connectivity index (χ0n) is 11.8. The molecule has 2 rings (SSSR count). The quantitative estimate of drug-likeness (QED) is 0.818. The minimum Gasteiger partial charge on any atom is -0.393 e. The van der Waals surface area contributed by atoms with E-state index in [-0.39, 0.29) is 6.10 Å². The van der Waals surface area contributed by atoms with Gasteiger partial charge in [0, 0.05) is 19.8 Å². The molecule has 0 unspecified atom stereocenters. The number of hydrogen-bond acceptors (Lipinski definition) is 3. The van der Waals surface area contributed by atoms with Gasteiger partial charge in [0.25, 0.3) is 0 Å². The summed E-state index contributed by atoms with van der Waals surface area (Å²) in [6.07, 6.45) is 8.26. The monoisotopic (exact) mass is 255 g/mol. The van der Waals surface area contributed by atoms with Gasteiger partial charge in [-0.1, -0.05) is 0 Å². The smallest absolute Gasteiger partial charge is 0.0540 e. The number of hydrogen-bond donors (Lipinski definition) is 1. The van der Waals surface area contributed by atoms with Crippen molar-refractivity contribution in [2.45, 2.75) is 51.0 Å². The normalized spacial score (nSPS) is 30.8. The molecule has 0 spiro atoms. The molecule has 18 heavy (non-hydrogen) atoms. The molecule has 2 fully saturated rings. The highest BCUT2D eigenvalue weighted by Crippen LogP contribution is 2.25. The molecule has 0 bridgehead atoms. The average molecular weight is 255 g/mol. The molecule has 0 atom stereocenters. The first-order valence-corrected chi connectivity index (χ1v) is 7.68. The fourth-order valence-corrected chi connectivity index (χ4v) is 3.30. The first-order valence-electron chi connectivity index (χ1n) is 7.68. The van der Waals surface area contributed by atoms with Gasteiger partial charge in [-0.2, -0.15) is 0 Å². The molecular formula is C15H29NO2. The molecule has 1 saturated heterocycles. The van der Waals surface area contributed by atoms with E-state index < -0.39 is 0 Å². The number of nitrogens with zero attached hydrogens (tertiary/aromatic N) is 1. The van der Waals surface area contributed by atoms with Crippen molar-refractivity contribution < 1.29 is 9.84 Å². The molecule has 1 saturated carbocycles. The van der Waals surface area contributed by atoms with E-state index in [9.17, 15) is 5.11 Å². The van der Waals surface area contributed by atoms with Crippen LogP contribution in [0.3, 0.4) is 0 Å². The van der Waals surface area contributed by atoms with E-state index in [1.807, 2.05) is 0 Å². The first-order chi connectivity index (χ1) is 8.74. The second-order valence-electron chi connectivity index (χ2n) is 6.28. The van der Waals surface area contributed by atoms with Crippen LogP contribution in [0.2, 0.25) is 0 Å². The molecule has 0 aromatic heterocycles. The summed E-state index contributed by atoms with van der Waals surface area (Å²) in [6, 6.07) is 0. The van der Waals surface area contributed by atoms with Gasteiger partial charge in [0.1, 0.15) is 0 Å². The van der Waals surface area contributed by atoms with Crippen LogP contribution in [0.15, 0.2) is 0 Å². The Kier molecular flexibility index (Phi) is 5.93. The van der Waals surface area contributed by atoms with Gasteiger partial charge in [0.2, 0.25) is 0 Å². The SMILES string of the molecule is CN(CCC1CCOCC1)CC1CCC(O)CC1. The largest absolute Gasteiger partial charge is 0.393 e. The lowest BCUT2D eigenvalue weighted by atomic mass is 9.87. The molecule has 106 valence electrons. The fourth-order valence-electron chi connectivity index (χ4n) is 3.30. The van der Waals surface area contributed by atoms with Crippen molar-refractivity contribution in [1.82, 2.24) is 4.90 Å². The van der Waals surface area contributed by atoms with E-state index in [0.29, 0.717) is 0 Å². The lowest BCUT2D eigenvalue weighted by Crippen LogP contribution is -2.31. The van der Waals surface area contributed by atoms with Crippen molar-refractivity contribution in [3.05, 3.63) is 0 Å². The van der Waals surface area contributed by atoms with Gasteiger partial charge in [-0.15, -0.1) is 0 Å². The zero-order valence-corrected chi connectivity index (χ0v) is 11.8. The third kappa shape index (κ3) is 4.87. The second kappa shape index (κ2) is 7.46. The maximum Gasteiger partial charge on any atom is 0.0540 e. The third-order valence-corrected chi connectivity index (χ3v) is 4.65. The predicted octanol–water partition coefficient (Wildman–Crippen LogP) is 2.29. The molecule has 1 aliphatic heterocycles. The van der Waals surface area contributed by atoms with Gasteiger partial charge in [-0.3, -0.25) is 0 Å². The van der Waals surface area contributed by atoms with Crippen LogP contribution in [0.1, 0.15) is 44.9 Å². The minimum atomic E-state index is -0.0196. The Morgan fingerprint density at radius 2 is 1.67 bits per heavy atom. The molecule has 1 aliphatic carbocycles.